The van der Waals surface area contributed by atoms with E-state index >= 15 is 0 Å². The molecule has 0 atom stereocenters. The highest BCUT2D eigenvalue weighted by atomic mass is 32.2. The van der Waals surface area contributed by atoms with Crippen molar-refractivity contribution in [3.63, 3.8) is 0 Å². The molecule has 0 radical (unpaired) electrons. The van der Waals surface area contributed by atoms with Gasteiger partial charge in [0.05, 0.1) is 16.7 Å². The van der Waals surface area contributed by atoms with Crippen LogP contribution >= 0.6 is 0 Å². The SMILES string of the molecule is CNc1cc(Oc2cnc3c(c2)c(C#N)cn3S(=O)(=O)c2ccccc2)cnc1[N+](=O)[O-]. The molecule has 160 valence electrons. The molecule has 0 saturated carbocycles. The summed E-state index contributed by atoms with van der Waals surface area (Å²) in [4.78, 5) is 18.4. The zero-order chi connectivity index (χ0) is 22.9. The van der Waals surface area contributed by atoms with Gasteiger partial charge in [0.2, 0.25) is 0 Å². The van der Waals surface area contributed by atoms with Gasteiger partial charge in [-0.1, -0.05) is 18.2 Å². The fourth-order valence-corrected chi connectivity index (χ4v) is 4.40. The van der Waals surface area contributed by atoms with Crippen LogP contribution < -0.4 is 10.1 Å². The van der Waals surface area contributed by atoms with Gasteiger partial charge in [-0.25, -0.2) is 17.4 Å². The fourth-order valence-electron chi connectivity index (χ4n) is 3.05. The van der Waals surface area contributed by atoms with Crippen LogP contribution in [0.4, 0.5) is 11.5 Å². The van der Waals surface area contributed by atoms with Crippen molar-refractivity contribution in [2.24, 2.45) is 0 Å². The van der Waals surface area contributed by atoms with Crippen LogP contribution in [0.1, 0.15) is 5.56 Å². The highest BCUT2D eigenvalue weighted by Crippen LogP contribution is 2.31. The fraction of sp³-hybridized carbons (Fsp3) is 0.0500. The third kappa shape index (κ3) is 3.57. The summed E-state index contributed by atoms with van der Waals surface area (Å²) in [6.07, 6.45) is 3.68. The highest BCUT2D eigenvalue weighted by molar-refractivity contribution is 7.90. The second-order valence-electron chi connectivity index (χ2n) is 6.46. The van der Waals surface area contributed by atoms with Crippen molar-refractivity contribution >= 4 is 32.6 Å². The number of nitro groups is 1. The first-order chi connectivity index (χ1) is 15.3. The molecule has 32 heavy (non-hydrogen) atoms. The summed E-state index contributed by atoms with van der Waals surface area (Å²) < 4.78 is 32.7. The molecule has 3 heterocycles. The van der Waals surface area contributed by atoms with Gasteiger partial charge in [0, 0.05) is 24.7 Å². The van der Waals surface area contributed by atoms with E-state index in [4.69, 9.17) is 4.74 Å². The summed E-state index contributed by atoms with van der Waals surface area (Å²) in [5.74, 6) is 0.0286. The van der Waals surface area contributed by atoms with E-state index in [0.717, 1.165) is 3.97 Å². The van der Waals surface area contributed by atoms with Gasteiger partial charge in [-0.3, -0.25) is 0 Å². The van der Waals surface area contributed by atoms with Crippen molar-refractivity contribution in [2.75, 3.05) is 12.4 Å². The van der Waals surface area contributed by atoms with Crippen LogP contribution in [0.25, 0.3) is 11.0 Å². The number of nitrogens with zero attached hydrogens (tertiary/aromatic N) is 5. The van der Waals surface area contributed by atoms with E-state index in [9.17, 15) is 23.8 Å². The molecule has 1 aromatic carbocycles. The van der Waals surface area contributed by atoms with Crippen LogP contribution in [0.5, 0.6) is 11.5 Å². The van der Waals surface area contributed by atoms with E-state index in [-0.39, 0.29) is 44.5 Å². The maximum atomic E-state index is 13.0. The zero-order valence-corrected chi connectivity index (χ0v) is 17.3. The molecule has 12 heteroatoms. The number of ether oxygens (including phenoxy) is 1. The summed E-state index contributed by atoms with van der Waals surface area (Å²) in [6, 6.07) is 12.6. The van der Waals surface area contributed by atoms with Gasteiger partial charge < -0.3 is 20.2 Å². The Morgan fingerprint density at radius 2 is 1.84 bits per heavy atom. The maximum absolute atomic E-state index is 13.0. The van der Waals surface area contributed by atoms with Crippen molar-refractivity contribution < 1.29 is 18.1 Å². The van der Waals surface area contributed by atoms with Crippen LogP contribution in [0.3, 0.4) is 0 Å². The van der Waals surface area contributed by atoms with E-state index in [2.05, 4.69) is 15.3 Å². The lowest BCUT2D eigenvalue weighted by molar-refractivity contribution is -0.388. The quantitative estimate of drug-likeness (QED) is 0.344. The summed E-state index contributed by atoms with van der Waals surface area (Å²) in [5, 5.41) is 23.5. The molecule has 4 rings (SSSR count). The van der Waals surface area contributed by atoms with Crippen LogP contribution in [-0.2, 0) is 10.0 Å². The lowest BCUT2D eigenvalue weighted by atomic mass is 10.2. The third-order valence-corrected chi connectivity index (χ3v) is 6.19. The highest BCUT2D eigenvalue weighted by Gasteiger charge is 2.23. The van der Waals surface area contributed by atoms with Crippen LogP contribution in [0.2, 0.25) is 0 Å². The Morgan fingerprint density at radius 3 is 2.50 bits per heavy atom. The predicted molar refractivity (Wildman–Crippen MR) is 114 cm³/mol. The molecule has 0 aliphatic rings. The number of anilines is 1. The van der Waals surface area contributed by atoms with Gasteiger partial charge in [0.1, 0.15) is 17.5 Å². The van der Waals surface area contributed by atoms with Gasteiger partial charge in [0.15, 0.2) is 17.6 Å². The van der Waals surface area contributed by atoms with E-state index in [1.165, 1.54) is 49.9 Å². The number of pyridine rings is 2. The maximum Gasteiger partial charge on any atom is 0.387 e. The van der Waals surface area contributed by atoms with Crippen molar-refractivity contribution in [3.8, 4) is 17.6 Å². The van der Waals surface area contributed by atoms with Gasteiger partial charge in [-0.15, -0.1) is 0 Å². The Morgan fingerprint density at radius 1 is 1.16 bits per heavy atom. The molecular formula is C20H14N6O5S. The number of benzene rings is 1. The molecule has 4 aromatic rings. The van der Waals surface area contributed by atoms with Gasteiger partial charge in [-0.05, 0) is 28.1 Å². The standard InChI is InChI=1S/C20H14N6O5S/c1-22-18-8-15(11-24-20(18)26(27)28)31-14-7-17-13(9-21)12-25(19(17)23-10-14)32(29,30)16-5-3-2-4-6-16/h2-8,10-12,22H,1H3. The van der Waals surface area contributed by atoms with E-state index in [0.29, 0.717) is 0 Å². The number of hydrogen-bond donors (Lipinski definition) is 1. The Bertz CT molecular complexity index is 1490. The minimum absolute atomic E-state index is 0.0556. The number of nitrogens with one attached hydrogen (secondary N) is 1. The van der Waals surface area contributed by atoms with E-state index in [1.807, 2.05) is 6.07 Å². The average Bonchev–Trinajstić information content (AvgIpc) is 3.18. The second kappa shape index (κ2) is 7.97. The third-order valence-electron chi connectivity index (χ3n) is 4.53. The predicted octanol–water partition coefficient (Wildman–Crippen LogP) is 3.28. The Kier molecular flexibility index (Phi) is 5.17. The van der Waals surface area contributed by atoms with Crippen molar-refractivity contribution in [2.45, 2.75) is 4.90 Å². The normalized spacial score (nSPS) is 11.1. The van der Waals surface area contributed by atoms with Crippen LogP contribution in [0.15, 0.2) is 66.0 Å². The smallest absolute Gasteiger partial charge is 0.387 e. The van der Waals surface area contributed by atoms with E-state index < -0.39 is 14.9 Å². The average molecular weight is 450 g/mol. The molecule has 0 saturated heterocycles. The summed E-state index contributed by atoms with van der Waals surface area (Å²) in [5.41, 5.74) is 0.310. The van der Waals surface area contributed by atoms with Gasteiger partial charge in [-0.2, -0.15) is 5.26 Å². The molecule has 11 nitrogen and oxygen atoms in total. The van der Waals surface area contributed by atoms with Gasteiger partial charge in [0.25, 0.3) is 10.0 Å². The minimum atomic E-state index is -3.97. The lowest BCUT2D eigenvalue weighted by Crippen LogP contribution is -2.12. The molecule has 0 fully saturated rings. The molecule has 0 aliphatic carbocycles. The Balaban J connectivity index is 1.76. The molecule has 0 spiro atoms. The molecule has 0 bridgehead atoms. The Labute approximate surface area is 181 Å². The number of fused-ring (bicyclic) bond motifs is 1. The zero-order valence-electron chi connectivity index (χ0n) is 16.5. The second-order valence-corrected chi connectivity index (χ2v) is 8.28. The van der Waals surface area contributed by atoms with Gasteiger partial charge >= 0.3 is 5.82 Å². The molecule has 1 N–H and O–H groups in total. The number of nitriles is 1. The molecule has 3 aromatic heterocycles. The number of rotatable bonds is 6. The first-order valence-electron chi connectivity index (χ1n) is 9.07. The monoisotopic (exact) mass is 450 g/mol. The number of aromatic nitrogens is 3. The first kappa shape index (κ1) is 20.8. The van der Waals surface area contributed by atoms with Crippen molar-refractivity contribution in [1.29, 1.82) is 5.26 Å². The summed E-state index contributed by atoms with van der Waals surface area (Å²) in [7, 11) is -2.46. The molecule has 0 aliphatic heterocycles. The first-order valence-corrected chi connectivity index (χ1v) is 10.5. The summed E-state index contributed by atoms with van der Waals surface area (Å²) in [6.45, 7) is 0. The van der Waals surface area contributed by atoms with E-state index in [1.54, 1.807) is 18.2 Å². The molecular weight excluding hydrogens is 436 g/mol. The summed E-state index contributed by atoms with van der Waals surface area (Å²) >= 11 is 0. The van der Waals surface area contributed by atoms with Crippen molar-refractivity contribution in [1.82, 2.24) is 13.9 Å². The Hall–Kier alpha value is -4.50. The van der Waals surface area contributed by atoms with Crippen molar-refractivity contribution in [3.05, 3.63) is 76.7 Å². The van der Waals surface area contributed by atoms with Crippen LogP contribution in [-0.4, -0.2) is 34.3 Å². The lowest BCUT2D eigenvalue weighted by Gasteiger charge is -2.08. The molecule has 0 amide bonds. The largest absolute Gasteiger partial charge is 0.452 e. The number of hydrogen-bond acceptors (Lipinski definition) is 9. The minimum Gasteiger partial charge on any atom is -0.452 e. The topological polar surface area (TPSA) is 153 Å². The van der Waals surface area contributed by atoms with Crippen LogP contribution in [0, 0.1) is 21.4 Å². The molecule has 0 unspecified atom stereocenters.